The highest BCUT2D eigenvalue weighted by Gasteiger charge is 2.33. The van der Waals surface area contributed by atoms with Crippen LogP contribution in [0.5, 0.6) is 0 Å². The lowest BCUT2D eigenvalue weighted by Gasteiger charge is -2.12. The minimum atomic E-state index is -1.59. The van der Waals surface area contributed by atoms with Crippen molar-refractivity contribution in [3.8, 4) is 11.1 Å². The molecule has 2 heterocycles. The fourth-order valence-electron chi connectivity index (χ4n) is 3.03. The Morgan fingerprint density at radius 2 is 1.81 bits per heavy atom. The number of rotatable bonds is 6. The van der Waals surface area contributed by atoms with Crippen LogP contribution in [0, 0.1) is 5.92 Å². The molecule has 3 rings (SSSR count). The van der Waals surface area contributed by atoms with Crippen LogP contribution >= 0.6 is 15.9 Å². The van der Waals surface area contributed by atoms with Gasteiger partial charge in [-0.15, -0.1) is 0 Å². The molecule has 3 aromatic rings. The lowest BCUT2D eigenvalue weighted by atomic mass is 9.91. The van der Waals surface area contributed by atoms with Gasteiger partial charge in [-0.25, -0.2) is 4.79 Å². The Kier molecular flexibility index (Phi) is 5.04. The summed E-state index contributed by atoms with van der Waals surface area (Å²) in [6.45, 7) is 1.64. The van der Waals surface area contributed by atoms with Gasteiger partial charge < -0.3 is 9.51 Å². The van der Waals surface area contributed by atoms with Crippen molar-refractivity contribution in [3.63, 3.8) is 0 Å². The number of carboxylic acid groups (broad SMARTS) is 1. The van der Waals surface area contributed by atoms with Crippen LogP contribution < -0.4 is 0 Å². The Hall–Kier alpha value is -2.73. The highest BCUT2D eigenvalue weighted by Crippen LogP contribution is 2.31. The molecule has 0 saturated carbocycles. The molecule has 5 nitrogen and oxygen atoms in total. The predicted octanol–water partition coefficient (Wildman–Crippen LogP) is 4.23. The van der Waals surface area contributed by atoms with Crippen LogP contribution in [0.15, 0.2) is 59.2 Å². The van der Waals surface area contributed by atoms with E-state index in [1.54, 1.807) is 23.6 Å². The SMILES string of the molecule is CCC(C(=O)C(=O)O)C(=O)c1c(-c2ccc(Br)cc2)cc2ccccn12. The van der Waals surface area contributed by atoms with Crippen molar-refractivity contribution in [1.29, 1.82) is 0 Å². The van der Waals surface area contributed by atoms with Crippen LogP contribution in [0.3, 0.4) is 0 Å². The Morgan fingerprint density at radius 3 is 2.42 bits per heavy atom. The predicted molar refractivity (Wildman–Crippen MR) is 101 cm³/mol. The van der Waals surface area contributed by atoms with E-state index in [-0.39, 0.29) is 6.42 Å². The average Bonchev–Trinajstić information content (AvgIpc) is 3.02. The number of carboxylic acids is 1. The van der Waals surface area contributed by atoms with Crippen LogP contribution in [0.1, 0.15) is 23.8 Å². The van der Waals surface area contributed by atoms with Gasteiger partial charge >= 0.3 is 5.97 Å². The molecule has 1 atom stereocenters. The van der Waals surface area contributed by atoms with E-state index in [0.29, 0.717) is 11.3 Å². The van der Waals surface area contributed by atoms with Crippen molar-refractivity contribution in [1.82, 2.24) is 4.40 Å². The summed E-state index contributed by atoms with van der Waals surface area (Å²) in [6, 6.07) is 14.8. The summed E-state index contributed by atoms with van der Waals surface area (Å²) in [5.41, 5.74) is 2.61. The summed E-state index contributed by atoms with van der Waals surface area (Å²) < 4.78 is 2.61. The number of aromatic nitrogens is 1. The first-order chi connectivity index (χ1) is 12.4. The second-order valence-electron chi connectivity index (χ2n) is 5.90. The summed E-state index contributed by atoms with van der Waals surface area (Å²) in [5, 5.41) is 9.05. The minimum absolute atomic E-state index is 0.129. The smallest absolute Gasteiger partial charge is 0.372 e. The standard InChI is InChI=1S/C20H16BrNO4/c1-2-15(19(24)20(25)26)18(23)17-16(12-6-8-13(21)9-7-12)11-14-5-3-4-10-22(14)17/h3-11,15H,2H2,1H3,(H,25,26). The maximum absolute atomic E-state index is 13.1. The third-order valence-electron chi connectivity index (χ3n) is 4.32. The molecule has 0 aliphatic heterocycles. The molecule has 2 aromatic heterocycles. The molecular weight excluding hydrogens is 398 g/mol. The highest BCUT2D eigenvalue weighted by atomic mass is 79.9. The molecule has 1 N–H and O–H groups in total. The maximum Gasteiger partial charge on any atom is 0.372 e. The normalized spacial score (nSPS) is 12.1. The zero-order valence-electron chi connectivity index (χ0n) is 14.0. The van der Waals surface area contributed by atoms with Gasteiger partial charge in [0.2, 0.25) is 0 Å². The van der Waals surface area contributed by atoms with Crippen molar-refractivity contribution >= 4 is 39.0 Å². The van der Waals surface area contributed by atoms with Crippen LogP contribution in [0.25, 0.3) is 16.6 Å². The molecule has 0 fully saturated rings. The summed E-state index contributed by atoms with van der Waals surface area (Å²) >= 11 is 3.39. The van der Waals surface area contributed by atoms with Crippen molar-refractivity contribution in [2.24, 2.45) is 5.92 Å². The van der Waals surface area contributed by atoms with Gasteiger partial charge in [0.05, 0.1) is 11.6 Å². The largest absolute Gasteiger partial charge is 0.475 e. The third kappa shape index (κ3) is 3.20. The Labute approximate surface area is 158 Å². The molecule has 0 amide bonds. The van der Waals surface area contributed by atoms with E-state index in [9.17, 15) is 14.4 Å². The van der Waals surface area contributed by atoms with Gasteiger partial charge in [-0.2, -0.15) is 0 Å². The lowest BCUT2D eigenvalue weighted by Crippen LogP contribution is -2.30. The highest BCUT2D eigenvalue weighted by molar-refractivity contribution is 9.10. The summed E-state index contributed by atoms with van der Waals surface area (Å²) in [5.74, 6) is -4.36. The minimum Gasteiger partial charge on any atom is -0.475 e. The maximum atomic E-state index is 13.1. The van der Waals surface area contributed by atoms with Crippen LogP contribution in [0.2, 0.25) is 0 Å². The Bertz CT molecular complexity index is 1000. The number of hydrogen-bond donors (Lipinski definition) is 1. The monoisotopic (exact) mass is 413 g/mol. The van der Waals surface area contributed by atoms with E-state index < -0.39 is 23.5 Å². The molecule has 26 heavy (non-hydrogen) atoms. The van der Waals surface area contributed by atoms with E-state index in [0.717, 1.165) is 15.6 Å². The van der Waals surface area contributed by atoms with Gasteiger partial charge in [0.25, 0.3) is 5.78 Å². The second-order valence-corrected chi connectivity index (χ2v) is 6.82. The molecule has 0 spiro atoms. The average molecular weight is 414 g/mol. The van der Waals surface area contributed by atoms with Gasteiger partial charge in [0, 0.05) is 21.7 Å². The quantitative estimate of drug-likeness (QED) is 0.372. The third-order valence-corrected chi connectivity index (χ3v) is 4.85. The van der Waals surface area contributed by atoms with Gasteiger partial charge in [-0.05, 0) is 42.3 Å². The van der Waals surface area contributed by atoms with E-state index in [2.05, 4.69) is 15.9 Å². The number of nitrogens with zero attached hydrogens (tertiary/aromatic N) is 1. The van der Waals surface area contributed by atoms with Crippen molar-refractivity contribution in [2.75, 3.05) is 0 Å². The number of hydrogen-bond acceptors (Lipinski definition) is 3. The molecule has 132 valence electrons. The van der Waals surface area contributed by atoms with Gasteiger partial charge in [0.15, 0.2) is 5.78 Å². The number of Topliss-reactive ketones (excluding diaryl/α,β-unsaturated/α-hetero) is 2. The number of halogens is 1. The second kappa shape index (κ2) is 7.25. The van der Waals surface area contributed by atoms with Crippen LogP contribution in [-0.2, 0) is 9.59 Å². The summed E-state index contributed by atoms with van der Waals surface area (Å²) in [4.78, 5) is 36.3. The number of aliphatic carboxylic acids is 1. The van der Waals surface area contributed by atoms with Gasteiger partial charge in [-0.1, -0.05) is 41.1 Å². The molecule has 6 heteroatoms. The van der Waals surface area contributed by atoms with Gasteiger partial charge in [-0.3, -0.25) is 9.59 Å². The molecule has 0 bridgehead atoms. The topological polar surface area (TPSA) is 75.8 Å². The summed E-state index contributed by atoms with van der Waals surface area (Å²) in [6.07, 6.45) is 1.87. The number of ketones is 2. The number of carbonyl (C=O) groups excluding carboxylic acids is 2. The number of carbonyl (C=O) groups is 3. The first-order valence-corrected chi connectivity index (χ1v) is 8.90. The lowest BCUT2D eigenvalue weighted by molar-refractivity contribution is -0.150. The molecular formula is C20H16BrNO4. The van der Waals surface area contributed by atoms with E-state index >= 15 is 0 Å². The first kappa shape index (κ1) is 18.1. The molecule has 0 aliphatic carbocycles. The van der Waals surface area contributed by atoms with E-state index in [1.165, 1.54) is 0 Å². The number of pyridine rings is 1. The number of benzene rings is 1. The van der Waals surface area contributed by atoms with E-state index in [1.807, 2.05) is 42.5 Å². The number of fused-ring (bicyclic) bond motifs is 1. The molecule has 0 radical (unpaired) electrons. The molecule has 1 aromatic carbocycles. The van der Waals surface area contributed by atoms with E-state index in [4.69, 9.17) is 5.11 Å². The Balaban J connectivity index is 2.21. The van der Waals surface area contributed by atoms with Crippen LogP contribution in [-0.4, -0.2) is 27.0 Å². The molecule has 0 aliphatic rings. The summed E-state index contributed by atoms with van der Waals surface area (Å²) in [7, 11) is 0. The fraction of sp³-hybridized carbons (Fsp3) is 0.150. The van der Waals surface area contributed by atoms with Crippen molar-refractivity contribution in [2.45, 2.75) is 13.3 Å². The zero-order valence-corrected chi connectivity index (χ0v) is 15.6. The fourth-order valence-corrected chi connectivity index (χ4v) is 3.29. The molecule has 0 saturated heterocycles. The van der Waals surface area contributed by atoms with Crippen molar-refractivity contribution in [3.05, 3.63) is 64.9 Å². The Morgan fingerprint density at radius 1 is 1.12 bits per heavy atom. The molecule has 1 unspecified atom stereocenters. The van der Waals surface area contributed by atoms with Gasteiger partial charge in [0.1, 0.15) is 0 Å². The zero-order chi connectivity index (χ0) is 18.8. The first-order valence-electron chi connectivity index (χ1n) is 8.11. The van der Waals surface area contributed by atoms with Crippen molar-refractivity contribution < 1.29 is 19.5 Å². The van der Waals surface area contributed by atoms with Crippen LogP contribution in [0.4, 0.5) is 0 Å².